The van der Waals surface area contributed by atoms with Crippen molar-refractivity contribution >= 4 is 5.91 Å². The van der Waals surface area contributed by atoms with Gasteiger partial charge in [-0.05, 0) is 24.7 Å². The van der Waals surface area contributed by atoms with Crippen molar-refractivity contribution in [1.82, 2.24) is 5.32 Å². The Kier molecular flexibility index (Phi) is 5.60. The standard InChI is InChI=1S/C14H28N2O2/c1-13(2,8-9-17)11-16-12(18)14(10-15)6-4-3-5-7-14/h17H,3-11,15H2,1-2H3,(H,16,18). The predicted molar refractivity (Wildman–Crippen MR) is 73.1 cm³/mol. The Morgan fingerprint density at radius 3 is 2.44 bits per heavy atom. The minimum Gasteiger partial charge on any atom is -0.396 e. The highest BCUT2D eigenvalue weighted by molar-refractivity contribution is 5.83. The minimum atomic E-state index is -0.340. The Labute approximate surface area is 110 Å². The molecular formula is C14H28N2O2. The van der Waals surface area contributed by atoms with Crippen molar-refractivity contribution in [2.24, 2.45) is 16.6 Å². The number of carbonyl (C=O) groups is 1. The normalized spacial score (nSPS) is 19.6. The van der Waals surface area contributed by atoms with Crippen molar-refractivity contribution < 1.29 is 9.90 Å². The number of hydrogen-bond donors (Lipinski definition) is 3. The van der Waals surface area contributed by atoms with E-state index in [-0.39, 0.29) is 23.3 Å². The number of amides is 1. The molecule has 1 aliphatic carbocycles. The van der Waals surface area contributed by atoms with Gasteiger partial charge in [-0.15, -0.1) is 0 Å². The first-order chi connectivity index (χ1) is 8.46. The van der Waals surface area contributed by atoms with Crippen LogP contribution in [0.25, 0.3) is 0 Å². The molecule has 0 aliphatic heterocycles. The van der Waals surface area contributed by atoms with Crippen LogP contribution in [0.15, 0.2) is 0 Å². The zero-order valence-electron chi connectivity index (χ0n) is 11.8. The lowest BCUT2D eigenvalue weighted by molar-refractivity contribution is -0.132. The van der Waals surface area contributed by atoms with Crippen molar-refractivity contribution in [1.29, 1.82) is 0 Å². The molecule has 1 amide bonds. The molecule has 106 valence electrons. The average Bonchev–Trinajstić information content (AvgIpc) is 2.37. The quantitative estimate of drug-likeness (QED) is 0.673. The van der Waals surface area contributed by atoms with Crippen LogP contribution in [-0.4, -0.2) is 30.7 Å². The summed E-state index contributed by atoms with van der Waals surface area (Å²) in [5.41, 5.74) is 5.44. The van der Waals surface area contributed by atoms with Crippen LogP contribution in [0, 0.1) is 10.8 Å². The highest BCUT2D eigenvalue weighted by Gasteiger charge is 2.38. The van der Waals surface area contributed by atoms with Crippen molar-refractivity contribution in [3.05, 3.63) is 0 Å². The molecular weight excluding hydrogens is 228 g/mol. The van der Waals surface area contributed by atoms with Crippen LogP contribution in [0.2, 0.25) is 0 Å². The zero-order chi connectivity index (χ0) is 13.6. The molecule has 1 rings (SSSR count). The molecule has 1 fully saturated rings. The molecule has 0 aromatic rings. The fourth-order valence-electron chi connectivity index (χ4n) is 2.65. The summed E-state index contributed by atoms with van der Waals surface area (Å²) >= 11 is 0. The van der Waals surface area contributed by atoms with Crippen LogP contribution >= 0.6 is 0 Å². The lowest BCUT2D eigenvalue weighted by Gasteiger charge is -2.36. The summed E-state index contributed by atoms with van der Waals surface area (Å²) in [7, 11) is 0. The number of hydrogen-bond acceptors (Lipinski definition) is 3. The van der Waals surface area contributed by atoms with Crippen molar-refractivity contribution in [2.45, 2.75) is 52.4 Å². The Bertz CT molecular complexity index is 271. The maximum Gasteiger partial charge on any atom is 0.227 e. The molecule has 0 atom stereocenters. The summed E-state index contributed by atoms with van der Waals surface area (Å²) in [6.07, 6.45) is 5.94. The van der Waals surface area contributed by atoms with Gasteiger partial charge in [0.05, 0.1) is 5.41 Å². The van der Waals surface area contributed by atoms with Gasteiger partial charge in [0.1, 0.15) is 0 Å². The molecule has 4 N–H and O–H groups in total. The number of aliphatic hydroxyl groups is 1. The second-order valence-corrected chi connectivity index (χ2v) is 6.37. The van der Waals surface area contributed by atoms with Gasteiger partial charge in [-0.2, -0.15) is 0 Å². The van der Waals surface area contributed by atoms with Crippen LogP contribution in [0.1, 0.15) is 52.4 Å². The van der Waals surface area contributed by atoms with Gasteiger partial charge in [-0.25, -0.2) is 0 Å². The van der Waals surface area contributed by atoms with Crippen LogP contribution in [0.5, 0.6) is 0 Å². The molecule has 18 heavy (non-hydrogen) atoms. The van der Waals surface area contributed by atoms with E-state index >= 15 is 0 Å². The number of nitrogens with two attached hydrogens (primary N) is 1. The molecule has 4 heteroatoms. The first kappa shape index (κ1) is 15.4. The fourth-order valence-corrected chi connectivity index (χ4v) is 2.65. The summed E-state index contributed by atoms with van der Waals surface area (Å²) in [5, 5.41) is 12.0. The molecule has 0 aromatic heterocycles. The molecule has 1 saturated carbocycles. The van der Waals surface area contributed by atoms with E-state index in [1.54, 1.807) is 0 Å². The van der Waals surface area contributed by atoms with Gasteiger partial charge in [-0.3, -0.25) is 4.79 Å². The molecule has 0 aromatic carbocycles. The average molecular weight is 256 g/mol. The predicted octanol–water partition coefficient (Wildman–Crippen LogP) is 1.42. The van der Waals surface area contributed by atoms with E-state index in [0.717, 1.165) is 25.7 Å². The van der Waals surface area contributed by atoms with Gasteiger partial charge >= 0.3 is 0 Å². The third kappa shape index (κ3) is 3.95. The first-order valence-electron chi connectivity index (χ1n) is 7.05. The Morgan fingerprint density at radius 2 is 1.94 bits per heavy atom. The number of aliphatic hydroxyl groups excluding tert-OH is 1. The summed E-state index contributed by atoms with van der Waals surface area (Å²) in [4.78, 5) is 12.3. The highest BCUT2D eigenvalue weighted by Crippen LogP contribution is 2.35. The molecule has 4 nitrogen and oxygen atoms in total. The molecule has 0 unspecified atom stereocenters. The van der Waals surface area contributed by atoms with Crippen molar-refractivity contribution in [3.8, 4) is 0 Å². The van der Waals surface area contributed by atoms with E-state index in [9.17, 15) is 4.79 Å². The van der Waals surface area contributed by atoms with Crippen molar-refractivity contribution in [2.75, 3.05) is 19.7 Å². The summed E-state index contributed by atoms with van der Waals surface area (Å²) in [6, 6.07) is 0. The minimum absolute atomic E-state index is 0.0606. The van der Waals surface area contributed by atoms with Gasteiger partial charge in [0.25, 0.3) is 0 Å². The SMILES string of the molecule is CC(C)(CCO)CNC(=O)C1(CN)CCCCC1. The number of carbonyl (C=O) groups excluding carboxylic acids is 1. The Morgan fingerprint density at radius 1 is 1.33 bits per heavy atom. The zero-order valence-corrected chi connectivity index (χ0v) is 11.8. The number of rotatable bonds is 6. The van der Waals surface area contributed by atoms with Gasteiger partial charge in [0, 0.05) is 19.7 Å². The third-order valence-corrected chi connectivity index (χ3v) is 4.20. The molecule has 0 radical (unpaired) electrons. The van der Waals surface area contributed by atoms with E-state index in [4.69, 9.17) is 10.8 Å². The van der Waals surface area contributed by atoms with Crippen LogP contribution in [0.3, 0.4) is 0 Å². The maximum atomic E-state index is 12.3. The molecule has 1 aliphatic rings. The second kappa shape index (κ2) is 6.53. The number of nitrogens with one attached hydrogen (secondary N) is 1. The van der Waals surface area contributed by atoms with E-state index in [2.05, 4.69) is 19.2 Å². The van der Waals surface area contributed by atoms with Crippen LogP contribution in [-0.2, 0) is 4.79 Å². The Hall–Kier alpha value is -0.610. The molecule has 0 spiro atoms. The van der Waals surface area contributed by atoms with E-state index in [0.29, 0.717) is 19.5 Å². The molecule has 0 saturated heterocycles. The third-order valence-electron chi connectivity index (χ3n) is 4.20. The monoisotopic (exact) mass is 256 g/mol. The summed E-state index contributed by atoms with van der Waals surface area (Å²) in [5.74, 6) is 0.107. The van der Waals surface area contributed by atoms with Crippen molar-refractivity contribution in [3.63, 3.8) is 0 Å². The first-order valence-corrected chi connectivity index (χ1v) is 7.05. The summed E-state index contributed by atoms with van der Waals surface area (Å²) in [6.45, 7) is 5.32. The fraction of sp³-hybridized carbons (Fsp3) is 0.929. The van der Waals surface area contributed by atoms with Gasteiger partial charge < -0.3 is 16.2 Å². The second-order valence-electron chi connectivity index (χ2n) is 6.37. The molecule has 0 bridgehead atoms. The summed E-state index contributed by atoms with van der Waals surface area (Å²) < 4.78 is 0. The maximum absolute atomic E-state index is 12.3. The lowest BCUT2D eigenvalue weighted by atomic mass is 9.73. The smallest absolute Gasteiger partial charge is 0.227 e. The van der Waals surface area contributed by atoms with E-state index in [1.807, 2.05) is 0 Å². The van der Waals surface area contributed by atoms with Gasteiger partial charge in [0.2, 0.25) is 5.91 Å². The van der Waals surface area contributed by atoms with Crippen LogP contribution < -0.4 is 11.1 Å². The lowest BCUT2D eigenvalue weighted by Crippen LogP contribution is -2.49. The van der Waals surface area contributed by atoms with E-state index in [1.165, 1.54) is 6.42 Å². The Balaban J connectivity index is 2.52. The topological polar surface area (TPSA) is 75.3 Å². The van der Waals surface area contributed by atoms with Gasteiger partial charge in [0.15, 0.2) is 0 Å². The highest BCUT2D eigenvalue weighted by atomic mass is 16.3. The largest absolute Gasteiger partial charge is 0.396 e. The van der Waals surface area contributed by atoms with Gasteiger partial charge in [-0.1, -0.05) is 33.1 Å². The van der Waals surface area contributed by atoms with E-state index < -0.39 is 0 Å². The van der Waals surface area contributed by atoms with Crippen LogP contribution in [0.4, 0.5) is 0 Å². The molecule has 0 heterocycles.